The fourth-order valence-corrected chi connectivity index (χ4v) is 2.18. The maximum atomic E-state index is 11.7. The van der Waals surface area contributed by atoms with Gasteiger partial charge in [-0.2, -0.15) is 0 Å². The predicted molar refractivity (Wildman–Crippen MR) is 80.2 cm³/mol. The van der Waals surface area contributed by atoms with Gasteiger partial charge < -0.3 is 15.5 Å². The van der Waals surface area contributed by atoms with Gasteiger partial charge in [-0.05, 0) is 23.8 Å². The van der Waals surface area contributed by atoms with Crippen molar-refractivity contribution in [1.29, 1.82) is 0 Å². The molecule has 1 fully saturated rings. The summed E-state index contributed by atoms with van der Waals surface area (Å²) in [5.41, 5.74) is 1.82. The van der Waals surface area contributed by atoms with Crippen LogP contribution in [-0.4, -0.2) is 39.8 Å². The molecule has 0 unspecified atom stereocenters. The van der Waals surface area contributed by atoms with Crippen molar-refractivity contribution in [2.75, 3.05) is 18.4 Å². The predicted octanol–water partition coefficient (Wildman–Crippen LogP) is 0.679. The first-order valence-electron chi connectivity index (χ1n) is 6.92. The highest BCUT2D eigenvalue weighted by atomic mass is 16.2. The zero-order valence-corrected chi connectivity index (χ0v) is 11.8. The number of hydrogen-bond donors (Lipinski definition) is 2. The van der Waals surface area contributed by atoms with Gasteiger partial charge in [0.15, 0.2) is 0 Å². The molecule has 1 aromatic heterocycles. The molecule has 0 atom stereocenters. The van der Waals surface area contributed by atoms with Crippen molar-refractivity contribution in [2.24, 2.45) is 0 Å². The van der Waals surface area contributed by atoms with Crippen molar-refractivity contribution in [2.45, 2.75) is 6.54 Å². The third-order valence-corrected chi connectivity index (χ3v) is 3.30. The maximum absolute atomic E-state index is 11.7. The third-order valence-electron chi connectivity index (χ3n) is 3.30. The van der Waals surface area contributed by atoms with Crippen molar-refractivity contribution in [3.05, 3.63) is 48.3 Å². The van der Waals surface area contributed by atoms with E-state index >= 15 is 0 Å². The second-order valence-electron chi connectivity index (χ2n) is 4.88. The Morgan fingerprint density at radius 3 is 2.59 bits per heavy atom. The normalized spacial score (nSPS) is 14.6. The molecule has 7 nitrogen and oxygen atoms in total. The van der Waals surface area contributed by atoms with Crippen molar-refractivity contribution in [3.63, 3.8) is 0 Å². The largest absolute Gasteiger partial charge is 0.346 e. The Kier molecular flexibility index (Phi) is 3.95. The van der Waals surface area contributed by atoms with Crippen LogP contribution in [0.5, 0.6) is 0 Å². The molecule has 112 valence electrons. The lowest BCUT2D eigenvalue weighted by Crippen LogP contribution is -2.51. The van der Waals surface area contributed by atoms with Gasteiger partial charge in [-0.25, -0.2) is 9.97 Å². The minimum absolute atomic E-state index is 0.425. The van der Waals surface area contributed by atoms with Crippen LogP contribution in [-0.2, 0) is 16.1 Å². The Morgan fingerprint density at radius 2 is 1.86 bits per heavy atom. The molecule has 2 N–H and O–H groups in total. The number of amides is 2. The molecule has 0 aliphatic carbocycles. The number of nitrogens with zero attached hydrogens (tertiary/aromatic N) is 3. The molecule has 1 aliphatic rings. The maximum Gasteiger partial charge on any atom is 0.312 e. The van der Waals surface area contributed by atoms with Crippen LogP contribution in [0.2, 0.25) is 0 Å². The number of anilines is 2. The van der Waals surface area contributed by atoms with Crippen molar-refractivity contribution in [3.8, 4) is 0 Å². The Hall–Kier alpha value is -2.96. The lowest BCUT2D eigenvalue weighted by Gasteiger charge is -2.26. The van der Waals surface area contributed by atoms with E-state index in [1.165, 1.54) is 0 Å². The molecule has 0 saturated carbocycles. The summed E-state index contributed by atoms with van der Waals surface area (Å²) in [6.45, 7) is 1.45. The molecule has 0 radical (unpaired) electrons. The van der Waals surface area contributed by atoms with E-state index in [9.17, 15) is 9.59 Å². The quantitative estimate of drug-likeness (QED) is 0.810. The van der Waals surface area contributed by atoms with Gasteiger partial charge in [-0.1, -0.05) is 12.1 Å². The first-order valence-corrected chi connectivity index (χ1v) is 6.92. The number of rotatable bonds is 4. The van der Waals surface area contributed by atoms with Gasteiger partial charge in [-0.3, -0.25) is 9.59 Å². The van der Waals surface area contributed by atoms with E-state index in [2.05, 4.69) is 20.6 Å². The molecular formula is C15H15N5O2. The zero-order valence-electron chi connectivity index (χ0n) is 11.8. The van der Waals surface area contributed by atoms with E-state index in [4.69, 9.17) is 0 Å². The summed E-state index contributed by atoms with van der Waals surface area (Å²) in [5.74, 6) is -0.491. The number of carbonyl (C=O) groups is 2. The average Bonchev–Trinajstić information content (AvgIpc) is 2.55. The molecular weight excluding hydrogens is 282 g/mol. The first kappa shape index (κ1) is 14.0. The highest BCUT2D eigenvalue weighted by molar-refractivity contribution is 6.35. The number of hydrogen-bond acceptors (Lipinski definition) is 5. The summed E-state index contributed by atoms with van der Waals surface area (Å²) >= 11 is 0. The molecule has 1 saturated heterocycles. The van der Waals surface area contributed by atoms with Gasteiger partial charge in [0.2, 0.25) is 5.95 Å². The highest BCUT2D eigenvalue weighted by Gasteiger charge is 2.25. The number of nitrogens with one attached hydrogen (secondary N) is 2. The molecule has 7 heteroatoms. The van der Waals surface area contributed by atoms with Crippen molar-refractivity contribution >= 4 is 23.5 Å². The Morgan fingerprint density at radius 1 is 1.14 bits per heavy atom. The van der Waals surface area contributed by atoms with E-state index < -0.39 is 11.8 Å². The number of piperazine rings is 1. The summed E-state index contributed by atoms with van der Waals surface area (Å²) in [6.07, 6.45) is 3.33. The molecule has 0 bridgehead atoms. The SMILES string of the molecule is O=C1NCCN(Cc2ccc(Nc3ncccn3)cc2)C1=O. The van der Waals surface area contributed by atoms with E-state index in [1.54, 1.807) is 23.4 Å². The summed E-state index contributed by atoms with van der Waals surface area (Å²) in [4.78, 5) is 32.8. The molecule has 1 aromatic carbocycles. The standard InChI is InChI=1S/C15H15N5O2/c21-13-14(22)20(9-8-16-13)10-11-2-4-12(5-3-11)19-15-17-6-1-7-18-15/h1-7H,8-10H2,(H,16,21)(H,17,18,19). The lowest BCUT2D eigenvalue weighted by atomic mass is 10.2. The number of benzene rings is 1. The first-order chi connectivity index (χ1) is 10.7. The Labute approximate surface area is 127 Å². The monoisotopic (exact) mass is 297 g/mol. The smallest absolute Gasteiger partial charge is 0.312 e. The summed E-state index contributed by atoms with van der Waals surface area (Å²) in [7, 11) is 0. The van der Waals surface area contributed by atoms with Crippen LogP contribution in [0.25, 0.3) is 0 Å². The topological polar surface area (TPSA) is 87.2 Å². The second kappa shape index (κ2) is 6.21. The van der Waals surface area contributed by atoms with Gasteiger partial charge in [0.25, 0.3) is 0 Å². The zero-order chi connectivity index (χ0) is 15.4. The second-order valence-corrected chi connectivity index (χ2v) is 4.88. The Bertz CT molecular complexity index is 672. The van der Waals surface area contributed by atoms with Crippen molar-refractivity contribution < 1.29 is 9.59 Å². The van der Waals surface area contributed by atoms with Crippen LogP contribution < -0.4 is 10.6 Å². The Balaban J connectivity index is 1.64. The van der Waals surface area contributed by atoms with Crippen LogP contribution in [0.3, 0.4) is 0 Å². The van der Waals surface area contributed by atoms with Gasteiger partial charge in [-0.15, -0.1) is 0 Å². The van der Waals surface area contributed by atoms with Gasteiger partial charge in [0.1, 0.15) is 0 Å². The number of aromatic nitrogens is 2. The van der Waals surface area contributed by atoms with Crippen LogP contribution in [0, 0.1) is 0 Å². The van der Waals surface area contributed by atoms with Crippen LogP contribution in [0.1, 0.15) is 5.56 Å². The lowest BCUT2D eigenvalue weighted by molar-refractivity contribution is -0.148. The summed E-state index contributed by atoms with van der Waals surface area (Å²) in [6, 6.07) is 9.34. The fourth-order valence-electron chi connectivity index (χ4n) is 2.18. The fraction of sp³-hybridized carbons (Fsp3) is 0.200. The van der Waals surface area contributed by atoms with E-state index in [0.717, 1.165) is 11.3 Å². The average molecular weight is 297 g/mol. The minimum atomic E-state index is -0.536. The summed E-state index contributed by atoms with van der Waals surface area (Å²) < 4.78 is 0. The molecule has 3 rings (SSSR count). The number of carbonyl (C=O) groups excluding carboxylic acids is 2. The molecule has 0 spiro atoms. The van der Waals surface area contributed by atoms with Gasteiger partial charge >= 0.3 is 11.8 Å². The van der Waals surface area contributed by atoms with Crippen molar-refractivity contribution in [1.82, 2.24) is 20.2 Å². The molecule has 2 amide bonds. The highest BCUT2D eigenvalue weighted by Crippen LogP contribution is 2.15. The third kappa shape index (κ3) is 3.20. The minimum Gasteiger partial charge on any atom is -0.346 e. The van der Waals surface area contributed by atoms with E-state index in [0.29, 0.717) is 25.6 Å². The van der Waals surface area contributed by atoms with E-state index in [1.807, 2.05) is 24.3 Å². The molecule has 22 heavy (non-hydrogen) atoms. The molecule has 2 aromatic rings. The summed E-state index contributed by atoms with van der Waals surface area (Å²) in [5, 5.41) is 5.61. The van der Waals surface area contributed by atoms with Crippen LogP contribution >= 0.6 is 0 Å². The van der Waals surface area contributed by atoms with Crippen LogP contribution in [0.4, 0.5) is 11.6 Å². The van der Waals surface area contributed by atoms with Gasteiger partial charge in [0.05, 0.1) is 0 Å². The molecule has 1 aliphatic heterocycles. The van der Waals surface area contributed by atoms with Gasteiger partial charge in [0, 0.05) is 37.7 Å². The van der Waals surface area contributed by atoms with E-state index in [-0.39, 0.29) is 0 Å². The van der Waals surface area contributed by atoms with Crippen LogP contribution in [0.15, 0.2) is 42.7 Å². The molecule has 2 heterocycles.